The molecule has 120 valence electrons. The first-order valence-electron chi connectivity index (χ1n) is 7.31. The molecule has 1 heterocycles. The van der Waals surface area contributed by atoms with E-state index < -0.39 is 5.60 Å². The highest BCUT2D eigenvalue weighted by Gasteiger charge is 2.30. The molecule has 0 unspecified atom stereocenters. The second-order valence-electron chi connectivity index (χ2n) is 6.23. The normalized spacial score (nSPS) is 17.0. The van der Waals surface area contributed by atoms with E-state index in [0.717, 1.165) is 17.0 Å². The van der Waals surface area contributed by atoms with E-state index in [1.165, 1.54) is 5.56 Å². The van der Waals surface area contributed by atoms with Gasteiger partial charge in [-0.2, -0.15) is 0 Å². The van der Waals surface area contributed by atoms with E-state index in [4.69, 9.17) is 4.74 Å². The molecule has 1 fully saturated rings. The van der Waals surface area contributed by atoms with Crippen molar-refractivity contribution >= 4 is 28.7 Å². The minimum Gasteiger partial charge on any atom is -0.443 e. The number of hydrogen-bond acceptors (Lipinski definition) is 5. The molecular weight excluding hydrogens is 298 g/mol. The van der Waals surface area contributed by atoms with E-state index in [-0.39, 0.29) is 6.09 Å². The number of amides is 1. The van der Waals surface area contributed by atoms with E-state index in [9.17, 15) is 4.79 Å². The van der Waals surface area contributed by atoms with Crippen molar-refractivity contribution in [2.24, 2.45) is 5.10 Å². The molecular formula is C16H23N3O2S. The smallest absolute Gasteiger partial charge is 0.416 e. The molecule has 1 amide bonds. The zero-order valence-corrected chi connectivity index (χ0v) is 14.6. The van der Waals surface area contributed by atoms with Gasteiger partial charge in [-0.15, -0.1) is 5.10 Å². The Kier molecular flexibility index (Phi) is 5.01. The molecule has 1 aromatic carbocycles. The number of thioether (sulfide) groups is 1. The van der Waals surface area contributed by atoms with Crippen molar-refractivity contribution in [3.8, 4) is 0 Å². The van der Waals surface area contributed by atoms with E-state index in [0.29, 0.717) is 11.7 Å². The van der Waals surface area contributed by atoms with E-state index >= 15 is 0 Å². The summed E-state index contributed by atoms with van der Waals surface area (Å²) in [5.41, 5.74) is 5.86. The van der Waals surface area contributed by atoms with Gasteiger partial charge < -0.3 is 4.74 Å². The van der Waals surface area contributed by atoms with E-state index in [2.05, 4.69) is 23.5 Å². The Morgan fingerprint density at radius 2 is 2.09 bits per heavy atom. The van der Waals surface area contributed by atoms with Crippen LogP contribution in [0.25, 0.3) is 0 Å². The van der Waals surface area contributed by atoms with Crippen LogP contribution in [-0.2, 0) is 4.74 Å². The summed E-state index contributed by atoms with van der Waals surface area (Å²) in [5, 5.41) is 5.03. The lowest BCUT2D eigenvalue weighted by atomic mass is 10.1. The summed E-state index contributed by atoms with van der Waals surface area (Å²) in [6, 6.07) is 6.02. The summed E-state index contributed by atoms with van der Waals surface area (Å²) in [6.45, 7) is 10.3. The highest BCUT2D eigenvalue weighted by molar-refractivity contribution is 8.14. The monoisotopic (exact) mass is 321 g/mol. The average Bonchev–Trinajstić information content (AvgIpc) is 2.87. The van der Waals surface area contributed by atoms with Gasteiger partial charge in [0.15, 0.2) is 5.17 Å². The van der Waals surface area contributed by atoms with E-state index in [1.807, 2.05) is 39.8 Å². The first-order chi connectivity index (χ1) is 10.3. The molecule has 1 aromatic rings. The number of amidine groups is 1. The zero-order valence-electron chi connectivity index (χ0n) is 13.8. The summed E-state index contributed by atoms with van der Waals surface area (Å²) in [7, 11) is 0. The van der Waals surface area contributed by atoms with Crippen molar-refractivity contribution in [2.45, 2.75) is 40.2 Å². The van der Waals surface area contributed by atoms with Crippen LogP contribution in [0.15, 0.2) is 23.3 Å². The Hall–Kier alpha value is -1.69. The van der Waals surface area contributed by atoms with Crippen molar-refractivity contribution < 1.29 is 9.53 Å². The Labute approximate surface area is 136 Å². The van der Waals surface area contributed by atoms with Crippen LogP contribution < -0.4 is 5.43 Å². The minimum atomic E-state index is -0.504. The fourth-order valence-corrected chi connectivity index (χ4v) is 2.85. The molecule has 5 nitrogen and oxygen atoms in total. The fraction of sp³-hybridized carbons (Fsp3) is 0.500. The molecule has 6 heteroatoms. The predicted molar refractivity (Wildman–Crippen MR) is 92.4 cm³/mol. The third kappa shape index (κ3) is 4.16. The number of carbonyl (C=O) groups excluding carboxylic acids is 1. The molecule has 1 saturated heterocycles. The van der Waals surface area contributed by atoms with Crippen molar-refractivity contribution in [2.75, 3.05) is 17.7 Å². The Morgan fingerprint density at radius 3 is 2.77 bits per heavy atom. The van der Waals surface area contributed by atoms with Crippen LogP contribution in [0, 0.1) is 13.8 Å². The van der Waals surface area contributed by atoms with Crippen LogP contribution in [0.2, 0.25) is 0 Å². The predicted octanol–water partition coefficient (Wildman–Crippen LogP) is 3.97. The van der Waals surface area contributed by atoms with Gasteiger partial charge in [-0.3, -0.25) is 10.3 Å². The minimum absolute atomic E-state index is 0.348. The number of rotatable bonds is 2. The summed E-state index contributed by atoms with van der Waals surface area (Å²) in [4.78, 5) is 13.8. The lowest BCUT2D eigenvalue weighted by Gasteiger charge is -2.24. The van der Waals surface area contributed by atoms with Crippen LogP contribution in [-0.4, -0.2) is 34.1 Å². The molecule has 1 aliphatic heterocycles. The molecule has 0 aromatic heterocycles. The second-order valence-corrected chi connectivity index (χ2v) is 7.30. The van der Waals surface area contributed by atoms with Gasteiger partial charge in [0.1, 0.15) is 5.60 Å². The number of hydrogen-bond donors (Lipinski definition) is 1. The third-order valence-corrected chi connectivity index (χ3v) is 4.22. The maximum Gasteiger partial charge on any atom is 0.416 e. The fourth-order valence-electron chi connectivity index (χ4n) is 1.96. The number of anilines is 1. The third-order valence-electron chi connectivity index (χ3n) is 3.27. The average molecular weight is 321 g/mol. The highest BCUT2D eigenvalue weighted by Crippen LogP contribution is 2.23. The molecule has 22 heavy (non-hydrogen) atoms. The molecule has 0 saturated carbocycles. The van der Waals surface area contributed by atoms with Crippen molar-refractivity contribution in [3.05, 3.63) is 29.3 Å². The molecule has 1 N–H and O–H groups in total. The van der Waals surface area contributed by atoms with Crippen LogP contribution in [0.5, 0.6) is 0 Å². The molecule has 2 rings (SSSR count). The van der Waals surface area contributed by atoms with Gasteiger partial charge in [0, 0.05) is 12.3 Å². The molecule has 0 radical (unpaired) electrons. The van der Waals surface area contributed by atoms with Crippen LogP contribution in [0.1, 0.15) is 31.9 Å². The number of ether oxygens (including phenoxy) is 1. The summed E-state index contributed by atoms with van der Waals surface area (Å²) >= 11 is 1.55. The van der Waals surface area contributed by atoms with Gasteiger partial charge in [-0.25, -0.2) is 4.79 Å². The summed E-state index contributed by atoms with van der Waals surface area (Å²) in [5.74, 6) is 0.826. The van der Waals surface area contributed by atoms with Crippen LogP contribution in [0.3, 0.4) is 0 Å². The maximum atomic E-state index is 12.2. The number of carbonyl (C=O) groups is 1. The zero-order chi connectivity index (χ0) is 16.3. The summed E-state index contributed by atoms with van der Waals surface area (Å²) in [6.07, 6.45) is -0.348. The van der Waals surface area contributed by atoms with Gasteiger partial charge in [-0.1, -0.05) is 23.9 Å². The second kappa shape index (κ2) is 6.60. The van der Waals surface area contributed by atoms with Gasteiger partial charge in [0.2, 0.25) is 0 Å². The molecule has 1 aliphatic rings. The van der Waals surface area contributed by atoms with Gasteiger partial charge in [-0.05, 0) is 51.8 Å². The van der Waals surface area contributed by atoms with Crippen molar-refractivity contribution in [3.63, 3.8) is 0 Å². The molecule has 0 atom stereocenters. The number of nitrogens with zero attached hydrogens (tertiary/aromatic N) is 2. The SMILES string of the molecule is Cc1cccc(N/N=C2/SCCN2C(=O)OC(C)(C)C)c1C. The largest absolute Gasteiger partial charge is 0.443 e. The highest BCUT2D eigenvalue weighted by atomic mass is 32.2. The Morgan fingerprint density at radius 1 is 1.36 bits per heavy atom. The summed E-state index contributed by atoms with van der Waals surface area (Å²) < 4.78 is 5.41. The number of benzene rings is 1. The Balaban J connectivity index is 2.10. The number of hydrazone groups is 1. The Bertz CT molecular complexity index is 594. The van der Waals surface area contributed by atoms with Crippen molar-refractivity contribution in [1.82, 2.24) is 4.90 Å². The lowest BCUT2D eigenvalue weighted by molar-refractivity contribution is 0.0386. The van der Waals surface area contributed by atoms with Crippen LogP contribution >= 0.6 is 11.8 Å². The standard InChI is InChI=1S/C16H23N3O2S/c1-11-7-6-8-13(12(11)2)17-18-14-19(9-10-22-14)15(20)21-16(3,4)5/h6-8,17H,9-10H2,1-5H3/b18-14+. The maximum absolute atomic E-state index is 12.2. The first kappa shape index (κ1) is 16.7. The van der Waals surface area contributed by atoms with E-state index in [1.54, 1.807) is 16.7 Å². The lowest BCUT2D eigenvalue weighted by Crippen LogP contribution is -2.37. The van der Waals surface area contributed by atoms with Gasteiger partial charge in [0.05, 0.1) is 5.69 Å². The molecule has 0 bridgehead atoms. The van der Waals surface area contributed by atoms with Gasteiger partial charge >= 0.3 is 6.09 Å². The van der Waals surface area contributed by atoms with Crippen LogP contribution in [0.4, 0.5) is 10.5 Å². The number of nitrogens with one attached hydrogen (secondary N) is 1. The number of aryl methyl sites for hydroxylation is 1. The first-order valence-corrected chi connectivity index (χ1v) is 8.30. The van der Waals surface area contributed by atoms with Gasteiger partial charge in [0.25, 0.3) is 0 Å². The quantitative estimate of drug-likeness (QED) is 0.837. The molecule has 0 aliphatic carbocycles. The van der Waals surface area contributed by atoms with Crippen molar-refractivity contribution in [1.29, 1.82) is 0 Å². The molecule has 0 spiro atoms. The topological polar surface area (TPSA) is 53.9 Å².